The fraction of sp³-hybridized carbons (Fsp3) is 0.333. The number of amides is 2. The van der Waals surface area contributed by atoms with Gasteiger partial charge in [0.05, 0.1) is 24.5 Å². The van der Waals surface area contributed by atoms with Gasteiger partial charge in [0, 0.05) is 37.7 Å². The fourth-order valence-electron chi connectivity index (χ4n) is 4.16. The minimum atomic E-state index is -0.378. The topological polar surface area (TPSA) is 73.3 Å². The Labute approximate surface area is 192 Å². The first kappa shape index (κ1) is 22.3. The van der Waals surface area contributed by atoms with Gasteiger partial charge in [0.2, 0.25) is 0 Å². The van der Waals surface area contributed by atoms with E-state index in [0.29, 0.717) is 72.6 Å². The predicted molar refractivity (Wildman–Crippen MR) is 124 cm³/mol. The van der Waals surface area contributed by atoms with Crippen LogP contribution >= 0.6 is 11.6 Å². The smallest absolute Gasteiger partial charge is 0.282 e. The molecule has 8 heteroatoms. The van der Waals surface area contributed by atoms with Crippen molar-refractivity contribution in [3.8, 4) is 5.75 Å². The number of benzene rings is 2. The molecule has 32 heavy (non-hydrogen) atoms. The van der Waals surface area contributed by atoms with Crippen molar-refractivity contribution in [3.05, 3.63) is 64.8 Å². The second-order valence-corrected chi connectivity index (χ2v) is 8.07. The Balaban J connectivity index is 1.75. The lowest BCUT2D eigenvalue weighted by Crippen LogP contribution is -2.48. The predicted octanol–water partition coefficient (Wildman–Crippen LogP) is 2.63. The Hall–Kier alpha value is -2.87. The van der Waals surface area contributed by atoms with Gasteiger partial charge in [0.25, 0.3) is 11.8 Å². The van der Waals surface area contributed by atoms with E-state index in [1.807, 2.05) is 17.9 Å². The number of imide groups is 1. The van der Waals surface area contributed by atoms with Gasteiger partial charge in [-0.2, -0.15) is 0 Å². The van der Waals surface area contributed by atoms with Gasteiger partial charge >= 0.3 is 0 Å². The number of anilines is 1. The third kappa shape index (κ3) is 4.24. The maximum atomic E-state index is 13.7. The molecule has 4 rings (SSSR count). The summed E-state index contributed by atoms with van der Waals surface area (Å²) in [5.74, 6) is -0.249. The van der Waals surface area contributed by atoms with Gasteiger partial charge < -0.3 is 14.7 Å². The van der Waals surface area contributed by atoms with Gasteiger partial charge in [0.1, 0.15) is 11.4 Å². The van der Waals surface area contributed by atoms with Crippen molar-refractivity contribution in [3.63, 3.8) is 0 Å². The molecule has 0 spiro atoms. The van der Waals surface area contributed by atoms with Crippen molar-refractivity contribution in [1.82, 2.24) is 9.80 Å². The monoisotopic (exact) mass is 455 g/mol. The standard InChI is InChI=1S/C24H26ClN3O4/c1-2-32-20-6-4-3-5-19(20)28-23(30)21(17-7-9-18(25)10-8-17)22(24(28)31)27-13-11-26(12-14-27)15-16-29/h3-10,29H,2,11-16H2,1H3. The van der Waals surface area contributed by atoms with E-state index in [1.54, 1.807) is 42.5 Å². The van der Waals surface area contributed by atoms with Crippen molar-refractivity contribution < 1.29 is 19.4 Å². The fourth-order valence-corrected chi connectivity index (χ4v) is 4.29. The molecule has 2 amide bonds. The number of nitrogens with zero attached hydrogens (tertiary/aromatic N) is 3. The van der Waals surface area contributed by atoms with E-state index in [9.17, 15) is 14.7 Å². The molecule has 2 heterocycles. The third-order valence-corrected chi connectivity index (χ3v) is 5.96. The highest BCUT2D eigenvalue weighted by Crippen LogP contribution is 2.39. The number of hydrogen-bond acceptors (Lipinski definition) is 6. The average Bonchev–Trinajstić information content (AvgIpc) is 3.06. The Kier molecular flexibility index (Phi) is 6.79. The minimum absolute atomic E-state index is 0.0954. The summed E-state index contributed by atoms with van der Waals surface area (Å²) < 4.78 is 5.70. The molecule has 2 aromatic carbocycles. The third-order valence-electron chi connectivity index (χ3n) is 5.70. The van der Waals surface area contributed by atoms with Gasteiger partial charge in [0.15, 0.2) is 0 Å². The lowest BCUT2D eigenvalue weighted by atomic mass is 10.0. The van der Waals surface area contributed by atoms with Crippen LogP contribution in [0, 0.1) is 0 Å². The average molecular weight is 456 g/mol. The maximum Gasteiger partial charge on any atom is 0.282 e. The quantitative estimate of drug-likeness (QED) is 0.647. The summed E-state index contributed by atoms with van der Waals surface area (Å²) >= 11 is 6.06. The van der Waals surface area contributed by atoms with Crippen molar-refractivity contribution in [2.24, 2.45) is 0 Å². The number of hydrogen-bond donors (Lipinski definition) is 1. The van der Waals surface area contributed by atoms with Crippen LogP contribution < -0.4 is 9.64 Å². The molecule has 0 aromatic heterocycles. The van der Waals surface area contributed by atoms with E-state index in [-0.39, 0.29) is 18.4 Å². The number of piperazine rings is 1. The van der Waals surface area contributed by atoms with Crippen molar-refractivity contribution in [1.29, 1.82) is 0 Å². The molecule has 7 nitrogen and oxygen atoms in total. The zero-order valence-corrected chi connectivity index (χ0v) is 18.7. The van der Waals surface area contributed by atoms with Crippen molar-refractivity contribution in [2.45, 2.75) is 6.92 Å². The molecule has 168 valence electrons. The highest BCUT2D eigenvalue weighted by molar-refractivity contribution is 6.45. The number of para-hydroxylation sites is 2. The van der Waals surface area contributed by atoms with Crippen LogP contribution in [0.1, 0.15) is 12.5 Å². The molecule has 1 N–H and O–H groups in total. The number of halogens is 1. The summed E-state index contributed by atoms with van der Waals surface area (Å²) in [7, 11) is 0. The Bertz CT molecular complexity index is 1030. The van der Waals surface area contributed by atoms with Gasteiger partial charge in [-0.3, -0.25) is 14.5 Å². The molecule has 2 aliphatic heterocycles. The van der Waals surface area contributed by atoms with E-state index >= 15 is 0 Å². The number of carbonyl (C=O) groups excluding carboxylic acids is 2. The lowest BCUT2D eigenvalue weighted by molar-refractivity contribution is -0.120. The Morgan fingerprint density at radius 1 is 0.969 bits per heavy atom. The van der Waals surface area contributed by atoms with Gasteiger partial charge in [-0.15, -0.1) is 0 Å². The SMILES string of the molecule is CCOc1ccccc1N1C(=O)C(c2ccc(Cl)cc2)=C(N2CCN(CCO)CC2)C1=O. The molecule has 0 atom stereocenters. The first-order chi connectivity index (χ1) is 15.5. The molecule has 0 unspecified atom stereocenters. The Morgan fingerprint density at radius 3 is 2.31 bits per heavy atom. The molecule has 1 fully saturated rings. The zero-order chi connectivity index (χ0) is 22.7. The summed E-state index contributed by atoms with van der Waals surface area (Å²) in [6.07, 6.45) is 0. The molecular formula is C24H26ClN3O4. The van der Waals surface area contributed by atoms with E-state index in [2.05, 4.69) is 4.90 Å². The van der Waals surface area contributed by atoms with E-state index in [1.165, 1.54) is 4.90 Å². The van der Waals surface area contributed by atoms with Gasteiger partial charge in [-0.05, 0) is 36.8 Å². The normalized spacial score (nSPS) is 17.5. The van der Waals surface area contributed by atoms with Gasteiger partial charge in [-0.25, -0.2) is 4.90 Å². The summed E-state index contributed by atoms with van der Waals surface area (Å²) in [4.78, 5) is 32.7. The van der Waals surface area contributed by atoms with Gasteiger partial charge in [-0.1, -0.05) is 35.9 Å². The lowest BCUT2D eigenvalue weighted by Gasteiger charge is -2.36. The van der Waals surface area contributed by atoms with E-state index < -0.39 is 0 Å². The van der Waals surface area contributed by atoms with Crippen LogP contribution in [0.15, 0.2) is 54.2 Å². The highest BCUT2D eigenvalue weighted by atomic mass is 35.5. The molecule has 2 aliphatic rings. The molecule has 0 saturated carbocycles. The molecule has 0 bridgehead atoms. The van der Waals surface area contributed by atoms with Crippen LogP contribution in [0.4, 0.5) is 5.69 Å². The molecule has 0 aliphatic carbocycles. The van der Waals surface area contributed by atoms with Crippen LogP contribution in [-0.4, -0.2) is 72.7 Å². The Morgan fingerprint density at radius 2 is 1.66 bits per heavy atom. The zero-order valence-electron chi connectivity index (χ0n) is 18.0. The van der Waals surface area contributed by atoms with E-state index in [0.717, 1.165) is 0 Å². The molecular weight excluding hydrogens is 430 g/mol. The summed E-state index contributed by atoms with van der Waals surface area (Å²) in [6, 6.07) is 14.0. The molecule has 2 aromatic rings. The minimum Gasteiger partial charge on any atom is -0.492 e. The largest absolute Gasteiger partial charge is 0.492 e. The molecule has 0 radical (unpaired) electrons. The number of carbonyl (C=O) groups is 2. The number of aliphatic hydroxyl groups excluding tert-OH is 1. The second-order valence-electron chi connectivity index (χ2n) is 7.63. The van der Waals surface area contributed by atoms with E-state index in [4.69, 9.17) is 16.3 Å². The van der Waals surface area contributed by atoms with Crippen molar-refractivity contribution >= 4 is 34.7 Å². The van der Waals surface area contributed by atoms with Crippen LogP contribution in [-0.2, 0) is 9.59 Å². The van der Waals surface area contributed by atoms with Crippen LogP contribution in [0.5, 0.6) is 5.75 Å². The number of ether oxygens (including phenoxy) is 1. The highest BCUT2D eigenvalue weighted by Gasteiger charge is 2.43. The van der Waals surface area contributed by atoms with Crippen molar-refractivity contribution in [2.75, 3.05) is 50.8 Å². The summed E-state index contributed by atoms with van der Waals surface area (Å²) in [5, 5.41) is 9.78. The van der Waals surface area contributed by atoms with Crippen LogP contribution in [0.3, 0.4) is 0 Å². The number of aliphatic hydroxyl groups is 1. The van der Waals surface area contributed by atoms with Crippen LogP contribution in [0.2, 0.25) is 5.02 Å². The second kappa shape index (κ2) is 9.73. The first-order valence-electron chi connectivity index (χ1n) is 10.7. The summed E-state index contributed by atoms with van der Waals surface area (Å²) in [5.41, 5.74) is 1.85. The number of rotatable bonds is 7. The summed E-state index contributed by atoms with van der Waals surface area (Å²) in [6.45, 7) is 5.56. The maximum absolute atomic E-state index is 13.7. The number of β-amino-alcohol motifs (C(OH)–C–C–N with tert-alkyl or cyclic N) is 1. The molecule has 1 saturated heterocycles. The van der Waals surface area contributed by atoms with Crippen LogP contribution in [0.25, 0.3) is 5.57 Å². The first-order valence-corrected chi connectivity index (χ1v) is 11.1.